The molecule has 5 heteroatoms. The van der Waals surface area contributed by atoms with Crippen molar-refractivity contribution in [3.05, 3.63) is 35.4 Å². The van der Waals surface area contributed by atoms with Crippen molar-refractivity contribution in [3.8, 4) is 0 Å². The third-order valence-corrected chi connectivity index (χ3v) is 4.11. The molecule has 3 nitrogen and oxygen atoms in total. The number of hydrogen-bond donors (Lipinski definition) is 2. The van der Waals surface area contributed by atoms with E-state index >= 15 is 0 Å². The topological polar surface area (TPSA) is 49.3 Å². The molecule has 0 aromatic heterocycles. The minimum Gasteiger partial charge on any atom is -0.481 e. The summed E-state index contributed by atoms with van der Waals surface area (Å²) in [5, 5.41) is 12.2. The molecule has 0 amide bonds. The monoisotopic (exact) mass is 283 g/mol. The van der Waals surface area contributed by atoms with Gasteiger partial charge in [-0.3, -0.25) is 4.79 Å². The van der Waals surface area contributed by atoms with E-state index in [-0.39, 0.29) is 23.4 Å². The Labute approximate surface area is 117 Å². The van der Waals surface area contributed by atoms with E-state index in [0.717, 1.165) is 18.9 Å². The van der Waals surface area contributed by atoms with E-state index in [1.165, 1.54) is 6.07 Å². The molecule has 1 aliphatic carbocycles. The van der Waals surface area contributed by atoms with Crippen LogP contribution in [0, 0.1) is 23.5 Å². The molecule has 20 heavy (non-hydrogen) atoms. The highest BCUT2D eigenvalue weighted by Crippen LogP contribution is 2.32. The second kappa shape index (κ2) is 6.31. The van der Waals surface area contributed by atoms with E-state index < -0.39 is 17.6 Å². The van der Waals surface area contributed by atoms with Gasteiger partial charge in [0.15, 0.2) is 11.6 Å². The summed E-state index contributed by atoms with van der Waals surface area (Å²) in [6.07, 6.45) is 2.47. The molecule has 0 heterocycles. The highest BCUT2D eigenvalue weighted by molar-refractivity contribution is 5.70. The van der Waals surface area contributed by atoms with Gasteiger partial charge in [-0.1, -0.05) is 18.6 Å². The third kappa shape index (κ3) is 3.15. The van der Waals surface area contributed by atoms with Crippen LogP contribution in [0.5, 0.6) is 0 Å². The van der Waals surface area contributed by atoms with E-state index in [9.17, 15) is 13.6 Å². The number of halogens is 2. The van der Waals surface area contributed by atoms with Crippen molar-refractivity contribution in [2.24, 2.45) is 11.8 Å². The fraction of sp³-hybridized carbons (Fsp3) is 0.533. The van der Waals surface area contributed by atoms with Gasteiger partial charge in [0.1, 0.15) is 0 Å². The first-order chi connectivity index (χ1) is 9.50. The number of rotatable bonds is 5. The van der Waals surface area contributed by atoms with Crippen LogP contribution in [0.3, 0.4) is 0 Å². The minimum atomic E-state index is -0.861. The van der Waals surface area contributed by atoms with Crippen molar-refractivity contribution in [1.82, 2.24) is 5.32 Å². The number of aliphatic carboxylic acids is 1. The Hall–Kier alpha value is -1.49. The van der Waals surface area contributed by atoms with Crippen LogP contribution in [0.15, 0.2) is 18.2 Å². The number of carboxylic acids is 1. The molecule has 2 N–H and O–H groups in total. The second-order valence-electron chi connectivity index (χ2n) is 5.41. The second-order valence-corrected chi connectivity index (χ2v) is 5.41. The normalized spacial score (nSPS) is 23.8. The van der Waals surface area contributed by atoms with E-state index in [4.69, 9.17) is 5.11 Å². The van der Waals surface area contributed by atoms with E-state index in [1.54, 1.807) is 13.0 Å². The first kappa shape index (κ1) is 14.9. The van der Waals surface area contributed by atoms with Gasteiger partial charge in [-0.15, -0.1) is 0 Å². The molecule has 1 aromatic rings. The zero-order valence-corrected chi connectivity index (χ0v) is 11.4. The van der Waals surface area contributed by atoms with Crippen LogP contribution < -0.4 is 5.32 Å². The molecular formula is C15H19F2NO2. The van der Waals surface area contributed by atoms with Gasteiger partial charge in [-0.2, -0.15) is 0 Å². The van der Waals surface area contributed by atoms with Crippen molar-refractivity contribution < 1.29 is 18.7 Å². The molecule has 1 aliphatic rings. The van der Waals surface area contributed by atoms with Gasteiger partial charge in [-0.05, 0) is 38.3 Å². The number of benzene rings is 1. The fourth-order valence-electron chi connectivity index (χ4n) is 2.90. The molecule has 1 saturated carbocycles. The Kier molecular flexibility index (Phi) is 4.70. The Morgan fingerprint density at radius 1 is 1.45 bits per heavy atom. The lowest BCUT2D eigenvalue weighted by Crippen LogP contribution is -2.31. The van der Waals surface area contributed by atoms with Crippen molar-refractivity contribution in [1.29, 1.82) is 0 Å². The quantitative estimate of drug-likeness (QED) is 0.873. The molecule has 1 fully saturated rings. The predicted octanol–water partition coefficient (Wildman–Crippen LogP) is 3.12. The molecule has 3 atom stereocenters. The summed E-state index contributed by atoms with van der Waals surface area (Å²) in [5.41, 5.74) is 0.273. The maximum atomic E-state index is 13.6. The van der Waals surface area contributed by atoms with Crippen molar-refractivity contribution >= 4 is 5.97 Å². The standard InChI is InChI=1S/C15H19F2NO2/c1-9(11-5-3-7-13(16)14(11)17)18-8-10-4-2-6-12(10)15(19)20/h3,5,7,9-10,12,18H,2,4,6,8H2,1H3,(H,19,20). The summed E-state index contributed by atoms with van der Waals surface area (Å²) < 4.78 is 26.8. The lowest BCUT2D eigenvalue weighted by Gasteiger charge is -2.20. The number of carbonyl (C=O) groups is 1. The summed E-state index contributed by atoms with van der Waals surface area (Å²) >= 11 is 0. The van der Waals surface area contributed by atoms with E-state index in [1.807, 2.05) is 0 Å². The van der Waals surface area contributed by atoms with Gasteiger partial charge in [0.05, 0.1) is 5.92 Å². The maximum absolute atomic E-state index is 13.6. The predicted molar refractivity (Wildman–Crippen MR) is 71.2 cm³/mol. The molecule has 0 radical (unpaired) electrons. The van der Waals surface area contributed by atoms with Crippen LogP contribution in [0.4, 0.5) is 8.78 Å². The highest BCUT2D eigenvalue weighted by Gasteiger charge is 2.32. The maximum Gasteiger partial charge on any atom is 0.306 e. The average molecular weight is 283 g/mol. The molecule has 0 bridgehead atoms. The smallest absolute Gasteiger partial charge is 0.306 e. The van der Waals surface area contributed by atoms with Crippen LogP contribution in [0.1, 0.15) is 37.8 Å². The van der Waals surface area contributed by atoms with Crippen LogP contribution in [0.2, 0.25) is 0 Å². The Morgan fingerprint density at radius 3 is 2.90 bits per heavy atom. The van der Waals surface area contributed by atoms with Gasteiger partial charge in [0, 0.05) is 11.6 Å². The SMILES string of the molecule is CC(NCC1CCCC1C(=O)O)c1cccc(F)c1F. The lowest BCUT2D eigenvalue weighted by molar-refractivity contribution is -0.142. The van der Waals surface area contributed by atoms with Crippen molar-refractivity contribution in [2.75, 3.05) is 6.54 Å². The van der Waals surface area contributed by atoms with Crippen molar-refractivity contribution in [2.45, 2.75) is 32.2 Å². The Bertz CT molecular complexity index is 493. The Balaban J connectivity index is 1.97. The first-order valence-corrected chi connectivity index (χ1v) is 6.90. The van der Waals surface area contributed by atoms with Crippen molar-refractivity contribution in [3.63, 3.8) is 0 Å². The molecule has 0 aliphatic heterocycles. The van der Waals surface area contributed by atoms with Crippen LogP contribution in [-0.4, -0.2) is 17.6 Å². The third-order valence-electron chi connectivity index (χ3n) is 4.11. The van der Waals surface area contributed by atoms with Crippen LogP contribution in [-0.2, 0) is 4.79 Å². The lowest BCUT2D eigenvalue weighted by atomic mass is 9.95. The molecule has 0 spiro atoms. The minimum absolute atomic E-state index is 0.0616. The first-order valence-electron chi connectivity index (χ1n) is 6.90. The average Bonchev–Trinajstić information content (AvgIpc) is 2.87. The zero-order valence-electron chi connectivity index (χ0n) is 11.4. The summed E-state index contributed by atoms with van der Waals surface area (Å²) in [4.78, 5) is 11.1. The van der Waals surface area contributed by atoms with Gasteiger partial charge < -0.3 is 10.4 Å². The number of nitrogens with one attached hydrogen (secondary N) is 1. The largest absolute Gasteiger partial charge is 0.481 e. The van der Waals surface area contributed by atoms with Gasteiger partial charge in [0.25, 0.3) is 0 Å². The van der Waals surface area contributed by atoms with Gasteiger partial charge >= 0.3 is 5.97 Å². The zero-order chi connectivity index (χ0) is 14.7. The molecule has 0 saturated heterocycles. The summed E-state index contributed by atoms with van der Waals surface area (Å²) in [6, 6.07) is 3.75. The summed E-state index contributed by atoms with van der Waals surface area (Å²) in [7, 11) is 0. The van der Waals surface area contributed by atoms with Crippen LogP contribution in [0.25, 0.3) is 0 Å². The van der Waals surface area contributed by atoms with E-state index in [2.05, 4.69) is 5.32 Å². The summed E-state index contributed by atoms with van der Waals surface area (Å²) in [5.74, 6) is -2.73. The Morgan fingerprint density at radius 2 is 2.20 bits per heavy atom. The molecule has 1 aromatic carbocycles. The molecule has 3 unspecified atom stereocenters. The fourth-order valence-corrected chi connectivity index (χ4v) is 2.90. The van der Waals surface area contributed by atoms with Gasteiger partial charge in [0.2, 0.25) is 0 Å². The molecule has 2 rings (SSSR count). The number of hydrogen-bond acceptors (Lipinski definition) is 2. The molecule has 110 valence electrons. The van der Waals surface area contributed by atoms with Gasteiger partial charge in [-0.25, -0.2) is 8.78 Å². The summed E-state index contributed by atoms with van der Waals surface area (Å²) in [6.45, 7) is 2.26. The highest BCUT2D eigenvalue weighted by atomic mass is 19.2. The van der Waals surface area contributed by atoms with E-state index in [0.29, 0.717) is 13.0 Å². The molecular weight excluding hydrogens is 264 g/mol. The number of carboxylic acid groups (broad SMARTS) is 1. The van der Waals surface area contributed by atoms with Crippen LogP contribution >= 0.6 is 0 Å².